The molecule has 1 fully saturated rings. The van der Waals surface area contributed by atoms with Gasteiger partial charge in [-0.2, -0.15) is 0 Å². The Bertz CT molecular complexity index is 1230. The van der Waals surface area contributed by atoms with Crippen LogP contribution in [0.15, 0.2) is 53.8 Å². The van der Waals surface area contributed by atoms with Gasteiger partial charge >= 0.3 is 0 Å². The minimum Gasteiger partial charge on any atom is -0.499 e. The lowest BCUT2D eigenvalue weighted by Gasteiger charge is -2.35. The summed E-state index contributed by atoms with van der Waals surface area (Å²) in [5.74, 6) is 0.571. The van der Waals surface area contributed by atoms with Crippen LogP contribution in [0.5, 0.6) is 0 Å². The third-order valence-electron chi connectivity index (χ3n) is 6.90. The molecule has 172 valence electrons. The monoisotopic (exact) mass is 456 g/mol. The standard InChI is InChI=1S/C25H32N2O4S/c1-17(2)20-10-8-12-25(4,22(20)31-5)32(29,30)27-19(15-18-9-6-7-11-21(18)27)16-26-23(28)24(3)13-14-24/h6-11,15,17H,12-14,16H2,1-5H3,(H,26,28). The van der Waals surface area contributed by atoms with Crippen molar-refractivity contribution in [1.29, 1.82) is 0 Å². The van der Waals surface area contributed by atoms with Gasteiger partial charge in [0.1, 0.15) is 10.5 Å². The first-order valence-corrected chi connectivity index (χ1v) is 12.6. The van der Waals surface area contributed by atoms with Crippen LogP contribution >= 0.6 is 0 Å². The number of aromatic nitrogens is 1. The zero-order chi connectivity index (χ0) is 23.3. The van der Waals surface area contributed by atoms with Crippen LogP contribution in [-0.4, -0.2) is 30.2 Å². The van der Waals surface area contributed by atoms with Crippen molar-refractivity contribution in [1.82, 2.24) is 9.29 Å². The van der Waals surface area contributed by atoms with Crippen LogP contribution in [0.2, 0.25) is 0 Å². The highest BCUT2D eigenvalue weighted by Gasteiger charge is 2.48. The summed E-state index contributed by atoms with van der Waals surface area (Å²) in [7, 11) is -2.40. The van der Waals surface area contributed by atoms with Crippen LogP contribution < -0.4 is 5.32 Å². The highest BCUT2D eigenvalue weighted by molar-refractivity contribution is 7.91. The topological polar surface area (TPSA) is 77.4 Å². The number of benzene rings is 1. The van der Waals surface area contributed by atoms with E-state index in [0.717, 1.165) is 23.8 Å². The minimum atomic E-state index is -3.94. The van der Waals surface area contributed by atoms with Gasteiger partial charge in [-0.25, -0.2) is 12.4 Å². The van der Waals surface area contributed by atoms with E-state index >= 15 is 0 Å². The first-order valence-electron chi connectivity index (χ1n) is 11.1. The number of nitrogens with zero attached hydrogens (tertiary/aromatic N) is 1. The van der Waals surface area contributed by atoms with E-state index in [9.17, 15) is 13.2 Å². The van der Waals surface area contributed by atoms with E-state index in [2.05, 4.69) is 5.32 Å². The van der Waals surface area contributed by atoms with Crippen molar-refractivity contribution in [3.8, 4) is 0 Å². The third-order valence-corrected chi connectivity index (χ3v) is 9.30. The van der Waals surface area contributed by atoms with Gasteiger partial charge < -0.3 is 10.1 Å². The lowest BCUT2D eigenvalue weighted by atomic mass is 9.89. The van der Waals surface area contributed by atoms with Gasteiger partial charge in [0.2, 0.25) is 5.91 Å². The number of hydrogen-bond acceptors (Lipinski definition) is 4. The fourth-order valence-electron chi connectivity index (χ4n) is 4.49. The predicted octanol–water partition coefficient (Wildman–Crippen LogP) is 4.51. The molecule has 6 nitrogen and oxygen atoms in total. The van der Waals surface area contributed by atoms with Gasteiger partial charge in [0.25, 0.3) is 10.0 Å². The van der Waals surface area contributed by atoms with Gasteiger partial charge in [-0.05, 0) is 49.8 Å². The number of allylic oxidation sites excluding steroid dienone is 3. The van der Waals surface area contributed by atoms with Crippen molar-refractivity contribution in [3.05, 3.63) is 59.5 Å². The Kier molecular flexibility index (Phi) is 5.52. The van der Waals surface area contributed by atoms with Gasteiger partial charge in [-0.3, -0.25) is 4.79 Å². The smallest absolute Gasteiger partial charge is 0.252 e. The number of hydrogen-bond donors (Lipinski definition) is 1. The number of ether oxygens (including phenoxy) is 1. The first-order chi connectivity index (χ1) is 15.0. The lowest BCUT2D eigenvalue weighted by Crippen LogP contribution is -2.44. The molecule has 2 aliphatic rings. The fourth-order valence-corrected chi connectivity index (χ4v) is 6.49. The number of carbonyl (C=O) groups excluding carboxylic acids is 1. The van der Waals surface area contributed by atoms with Gasteiger partial charge in [-0.15, -0.1) is 0 Å². The average molecular weight is 457 g/mol. The number of fused-ring (bicyclic) bond motifs is 1. The number of para-hydroxylation sites is 1. The highest BCUT2D eigenvalue weighted by atomic mass is 32.2. The van der Waals surface area contributed by atoms with E-state index in [1.165, 1.54) is 11.1 Å². The van der Waals surface area contributed by atoms with Gasteiger partial charge in [0.05, 0.1) is 24.9 Å². The van der Waals surface area contributed by atoms with E-state index in [0.29, 0.717) is 23.4 Å². The molecule has 1 atom stereocenters. The second-order valence-corrected chi connectivity index (χ2v) is 11.9. The zero-order valence-electron chi connectivity index (χ0n) is 19.4. The van der Waals surface area contributed by atoms with Gasteiger partial charge in [0, 0.05) is 10.8 Å². The van der Waals surface area contributed by atoms with Gasteiger partial charge in [-0.1, -0.05) is 51.1 Å². The van der Waals surface area contributed by atoms with E-state index in [1.54, 1.807) is 6.92 Å². The number of methoxy groups -OCH3 is 1. The summed E-state index contributed by atoms with van der Waals surface area (Å²) in [6.07, 6.45) is 5.92. The normalized spacial score (nSPS) is 22.4. The summed E-state index contributed by atoms with van der Waals surface area (Å²) in [5.41, 5.74) is 1.71. The summed E-state index contributed by atoms with van der Waals surface area (Å²) in [6.45, 7) is 7.88. The fraction of sp³-hybridized carbons (Fsp3) is 0.480. The predicted molar refractivity (Wildman–Crippen MR) is 126 cm³/mol. The molecule has 4 rings (SSSR count). The van der Waals surface area contributed by atoms with Crippen molar-refractivity contribution in [2.24, 2.45) is 11.3 Å². The second-order valence-electron chi connectivity index (χ2n) is 9.69. The Balaban J connectivity index is 1.84. The SMILES string of the molecule is COC1=C(C(C)C)C=CCC1(C)S(=O)(=O)n1c(CNC(=O)C2(C)CC2)cc2ccccc21. The molecule has 0 saturated heterocycles. The molecular formula is C25H32N2O4S. The zero-order valence-corrected chi connectivity index (χ0v) is 20.3. The molecule has 1 N–H and O–H groups in total. The molecule has 32 heavy (non-hydrogen) atoms. The first kappa shape index (κ1) is 22.6. The van der Waals surface area contributed by atoms with E-state index in [-0.39, 0.29) is 23.8 Å². The van der Waals surface area contributed by atoms with Crippen LogP contribution in [0, 0.1) is 11.3 Å². The molecule has 0 radical (unpaired) electrons. The lowest BCUT2D eigenvalue weighted by molar-refractivity contribution is -0.125. The molecule has 0 bridgehead atoms. The quantitative estimate of drug-likeness (QED) is 0.665. The number of carbonyl (C=O) groups is 1. The molecule has 1 unspecified atom stereocenters. The van der Waals surface area contributed by atoms with Gasteiger partial charge in [0.15, 0.2) is 0 Å². The second kappa shape index (κ2) is 7.80. The Hall–Kier alpha value is -2.54. The molecule has 0 aliphatic heterocycles. The molecule has 2 aromatic rings. The van der Waals surface area contributed by atoms with Crippen molar-refractivity contribution < 1.29 is 17.9 Å². The maximum atomic E-state index is 14.3. The summed E-state index contributed by atoms with van der Waals surface area (Å²) in [6, 6.07) is 9.27. The molecule has 1 saturated carbocycles. The average Bonchev–Trinajstić information content (AvgIpc) is 3.39. The van der Waals surface area contributed by atoms with Crippen LogP contribution in [0.1, 0.15) is 52.7 Å². The highest BCUT2D eigenvalue weighted by Crippen LogP contribution is 2.45. The molecule has 2 aliphatic carbocycles. The maximum absolute atomic E-state index is 14.3. The summed E-state index contributed by atoms with van der Waals surface area (Å²) >= 11 is 0. The Morgan fingerprint density at radius 2 is 1.91 bits per heavy atom. The van der Waals surface area contributed by atoms with Crippen molar-refractivity contribution in [3.63, 3.8) is 0 Å². The largest absolute Gasteiger partial charge is 0.499 e. The Morgan fingerprint density at radius 3 is 2.53 bits per heavy atom. The molecule has 0 spiro atoms. The summed E-state index contributed by atoms with van der Waals surface area (Å²) < 4.78 is 34.5. The Morgan fingerprint density at radius 1 is 1.22 bits per heavy atom. The summed E-state index contributed by atoms with van der Waals surface area (Å²) in [5, 5.41) is 3.78. The minimum absolute atomic E-state index is 0.0296. The molecule has 1 heterocycles. The third kappa shape index (κ3) is 3.47. The summed E-state index contributed by atoms with van der Waals surface area (Å²) in [4.78, 5) is 12.6. The maximum Gasteiger partial charge on any atom is 0.252 e. The van der Waals surface area contributed by atoms with Crippen LogP contribution in [0.4, 0.5) is 0 Å². The molecule has 1 amide bonds. The van der Waals surface area contributed by atoms with Crippen molar-refractivity contribution in [2.75, 3.05) is 7.11 Å². The van der Waals surface area contributed by atoms with E-state index < -0.39 is 14.8 Å². The number of rotatable bonds is 7. The van der Waals surface area contributed by atoms with E-state index in [1.807, 2.05) is 63.3 Å². The van der Waals surface area contributed by atoms with E-state index in [4.69, 9.17) is 4.74 Å². The van der Waals surface area contributed by atoms with Crippen LogP contribution in [-0.2, 0) is 26.1 Å². The van der Waals surface area contributed by atoms with Crippen molar-refractivity contribution >= 4 is 26.8 Å². The van der Waals surface area contributed by atoms with Crippen LogP contribution in [0.25, 0.3) is 10.9 Å². The van der Waals surface area contributed by atoms with Crippen LogP contribution in [0.3, 0.4) is 0 Å². The molecular weight excluding hydrogens is 424 g/mol. The molecule has 1 aromatic heterocycles. The number of nitrogens with one attached hydrogen (secondary N) is 1. The van der Waals surface area contributed by atoms with Crippen molar-refractivity contribution in [2.45, 2.75) is 58.2 Å². The molecule has 1 aromatic carbocycles. The number of amides is 1. The molecule has 7 heteroatoms. The Labute approximate surface area is 190 Å².